The number of aromatic nitrogens is 2. The maximum Gasteiger partial charge on any atom is 0.257 e. The minimum atomic E-state index is -0.135. The predicted octanol–water partition coefficient (Wildman–Crippen LogP) is 2.97. The van der Waals surface area contributed by atoms with E-state index in [0.29, 0.717) is 30.0 Å². The molecule has 1 atom stereocenters. The Morgan fingerprint density at radius 3 is 2.83 bits per heavy atom. The summed E-state index contributed by atoms with van der Waals surface area (Å²) in [7, 11) is 0. The third kappa shape index (κ3) is 5.37. The summed E-state index contributed by atoms with van der Waals surface area (Å²) < 4.78 is 7.78. The number of carbonyl (C=O) groups is 2. The van der Waals surface area contributed by atoms with Crippen LogP contribution in [-0.2, 0) is 6.54 Å². The van der Waals surface area contributed by atoms with Crippen molar-refractivity contribution in [1.29, 1.82) is 0 Å². The predicted molar refractivity (Wildman–Crippen MR) is 111 cm³/mol. The molecule has 7 heteroatoms. The van der Waals surface area contributed by atoms with Gasteiger partial charge in [-0.2, -0.15) is 5.10 Å². The zero-order valence-corrected chi connectivity index (χ0v) is 17.4. The summed E-state index contributed by atoms with van der Waals surface area (Å²) in [4.78, 5) is 27.1. The highest BCUT2D eigenvalue weighted by molar-refractivity contribution is 5.97. The summed E-state index contributed by atoms with van der Waals surface area (Å²) in [6.45, 7) is 8.47. The first-order valence-electron chi connectivity index (χ1n) is 10.3. The van der Waals surface area contributed by atoms with Gasteiger partial charge in [-0.3, -0.25) is 14.3 Å². The topological polar surface area (TPSA) is 76.5 Å². The highest BCUT2D eigenvalue weighted by Gasteiger charge is 2.26. The van der Waals surface area contributed by atoms with Crippen molar-refractivity contribution < 1.29 is 14.3 Å². The Balaban J connectivity index is 1.60. The molecular weight excluding hydrogens is 368 g/mol. The molecule has 1 aliphatic rings. The maximum atomic E-state index is 12.8. The molecule has 0 saturated carbocycles. The molecule has 2 heterocycles. The van der Waals surface area contributed by atoms with Crippen LogP contribution < -0.4 is 10.1 Å². The molecule has 1 N–H and O–H groups in total. The lowest BCUT2D eigenvalue weighted by molar-refractivity contribution is 0.0633. The molecule has 29 heavy (non-hydrogen) atoms. The van der Waals surface area contributed by atoms with Crippen molar-refractivity contribution in [3.8, 4) is 5.75 Å². The monoisotopic (exact) mass is 398 g/mol. The van der Waals surface area contributed by atoms with Crippen LogP contribution >= 0.6 is 0 Å². The van der Waals surface area contributed by atoms with Crippen LogP contribution in [0.3, 0.4) is 0 Å². The third-order valence-electron chi connectivity index (χ3n) is 5.04. The third-order valence-corrected chi connectivity index (χ3v) is 5.04. The zero-order valence-electron chi connectivity index (χ0n) is 17.4. The number of benzene rings is 1. The van der Waals surface area contributed by atoms with E-state index in [1.165, 1.54) is 0 Å². The first-order valence-corrected chi connectivity index (χ1v) is 10.3. The molecule has 7 nitrogen and oxygen atoms in total. The summed E-state index contributed by atoms with van der Waals surface area (Å²) in [5.41, 5.74) is 1.17. The van der Waals surface area contributed by atoms with E-state index in [0.717, 1.165) is 25.9 Å². The Kier molecular flexibility index (Phi) is 6.90. The quantitative estimate of drug-likeness (QED) is 0.778. The number of hydrogen-bond donors (Lipinski definition) is 1. The molecule has 2 aromatic rings. The molecular formula is C22H30N4O3. The normalized spacial score (nSPS) is 16.7. The lowest BCUT2D eigenvalue weighted by atomic mass is 9.98. The fraction of sp³-hybridized carbons (Fsp3) is 0.500. The Labute approximate surface area is 172 Å². The van der Waals surface area contributed by atoms with Crippen molar-refractivity contribution in [1.82, 2.24) is 20.0 Å². The van der Waals surface area contributed by atoms with Crippen LogP contribution in [0, 0.1) is 5.92 Å². The second kappa shape index (κ2) is 9.58. The second-order valence-electron chi connectivity index (χ2n) is 7.78. The van der Waals surface area contributed by atoms with E-state index in [9.17, 15) is 9.59 Å². The summed E-state index contributed by atoms with van der Waals surface area (Å²) >= 11 is 0. The summed E-state index contributed by atoms with van der Waals surface area (Å²) in [6, 6.07) is 7.35. The van der Waals surface area contributed by atoms with Gasteiger partial charge in [-0.15, -0.1) is 0 Å². The van der Waals surface area contributed by atoms with E-state index in [2.05, 4.69) is 10.4 Å². The van der Waals surface area contributed by atoms with E-state index < -0.39 is 0 Å². The highest BCUT2D eigenvalue weighted by Crippen LogP contribution is 2.23. The Morgan fingerprint density at radius 2 is 2.10 bits per heavy atom. The number of piperidine rings is 1. The van der Waals surface area contributed by atoms with Crippen LogP contribution in [0.2, 0.25) is 0 Å². The molecule has 0 radical (unpaired) electrons. The molecule has 1 unspecified atom stereocenters. The smallest absolute Gasteiger partial charge is 0.257 e. The van der Waals surface area contributed by atoms with Gasteiger partial charge < -0.3 is 15.0 Å². The molecule has 0 spiro atoms. The van der Waals surface area contributed by atoms with Crippen LogP contribution in [0.5, 0.6) is 5.75 Å². The van der Waals surface area contributed by atoms with E-state index in [1.807, 2.05) is 43.9 Å². The Bertz CT molecular complexity index is 846. The van der Waals surface area contributed by atoms with Gasteiger partial charge >= 0.3 is 0 Å². The molecule has 1 fully saturated rings. The minimum absolute atomic E-state index is 0.0195. The van der Waals surface area contributed by atoms with Gasteiger partial charge in [0.15, 0.2) is 0 Å². The van der Waals surface area contributed by atoms with Crippen LogP contribution in [0.4, 0.5) is 0 Å². The molecule has 3 rings (SSSR count). The number of rotatable bonds is 7. The second-order valence-corrected chi connectivity index (χ2v) is 7.78. The summed E-state index contributed by atoms with van der Waals surface area (Å²) in [6.07, 6.45) is 5.37. The Morgan fingerprint density at radius 1 is 1.31 bits per heavy atom. The number of carbonyl (C=O) groups excluding carboxylic acids is 2. The highest BCUT2D eigenvalue weighted by atomic mass is 16.5. The van der Waals surface area contributed by atoms with E-state index >= 15 is 0 Å². The molecule has 0 aliphatic carbocycles. The van der Waals surface area contributed by atoms with E-state index in [-0.39, 0.29) is 23.8 Å². The SMILES string of the molecule is CCn1cc(C(=O)N2CCCC(COc3ccccc3C(=O)NC(C)C)C2)cn1. The van der Waals surface area contributed by atoms with E-state index in [4.69, 9.17) is 4.74 Å². The van der Waals surface area contributed by atoms with Crippen LogP contribution in [0.15, 0.2) is 36.7 Å². The summed E-state index contributed by atoms with van der Waals surface area (Å²) in [5.74, 6) is 0.698. The van der Waals surface area contributed by atoms with Crippen molar-refractivity contribution >= 4 is 11.8 Å². The van der Waals surface area contributed by atoms with Gasteiger partial charge in [0.05, 0.1) is 23.9 Å². The molecule has 0 bridgehead atoms. The lowest BCUT2D eigenvalue weighted by Crippen LogP contribution is -2.41. The molecule has 1 aromatic carbocycles. The van der Waals surface area contributed by atoms with Gasteiger partial charge in [0.1, 0.15) is 5.75 Å². The lowest BCUT2D eigenvalue weighted by Gasteiger charge is -2.32. The molecule has 156 valence electrons. The number of para-hydroxylation sites is 1. The Hall–Kier alpha value is -2.83. The van der Waals surface area contributed by atoms with Gasteiger partial charge in [0.2, 0.25) is 0 Å². The summed E-state index contributed by atoms with van der Waals surface area (Å²) in [5, 5.41) is 7.10. The van der Waals surface area contributed by atoms with Gasteiger partial charge in [0.25, 0.3) is 11.8 Å². The number of hydrogen-bond acceptors (Lipinski definition) is 4. The first-order chi connectivity index (χ1) is 14.0. The molecule has 1 aliphatic heterocycles. The zero-order chi connectivity index (χ0) is 20.8. The van der Waals surface area contributed by atoms with Gasteiger partial charge in [-0.25, -0.2) is 0 Å². The van der Waals surface area contributed by atoms with Crippen molar-refractivity contribution in [3.05, 3.63) is 47.8 Å². The van der Waals surface area contributed by atoms with E-state index in [1.54, 1.807) is 23.1 Å². The number of aryl methyl sites for hydroxylation is 1. The molecule has 1 aromatic heterocycles. The van der Waals surface area contributed by atoms with Gasteiger partial charge in [0, 0.05) is 37.8 Å². The first kappa shape index (κ1) is 20.9. The fourth-order valence-electron chi connectivity index (χ4n) is 3.54. The van der Waals surface area contributed by atoms with Crippen molar-refractivity contribution in [2.75, 3.05) is 19.7 Å². The molecule has 1 saturated heterocycles. The standard InChI is InChI=1S/C22H30N4O3/c1-4-26-14-18(12-23-26)22(28)25-11-7-8-17(13-25)15-29-20-10-6-5-9-19(20)21(27)24-16(2)3/h5-6,9-10,12,14,16-17H,4,7-8,11,13,15H2,1-3H3,(H,24,27). The average molecular weight is 399 g/mol. The number of likely N-dealkylation sites (tertiary alicyclic amines) is 1. The number of nitrogens with zero attached hydrogens (tertiary/aromatic N) is 3. The van der Waals surface area contributed by atoms with Crippen molar-refractivity contribution in [3.63, 3.8) is 0 Å². The van der Waals surface area contributed by atoms with Crippen molar-refractivity contribution in [2.45, 2.75) is 46.2 Å². The van der Waals surface area contributed by atoms with Crippen LogP contribution in [-0.4, -0.2) is 52.2 Å². The fourth-order valence-corrected chi connectivity index (χ4v) is 3.54. The number of amides is 2. The van der Waals surface area contributed by atoms with Gasteiger partial charge in [-0.1, -0.05) is 12.1 Å². The number of ether oxygens (including phenoxy) is 1. The largest absolute Gasteiger partial charge is 0.492 e. The van der Waals surface area contributed by atoms with Crippen molar-refractivity contribution in [2.24, 2.45) is 5.92 Å². The average Bonchev–Trinajstić information content (AvgIpc) is 3.21. The number of nitrogens with one attached hydrogen (secondary N) is 1. The molecule has 2 amide bonds. The van der Waals surface area contributed by atoms with Gasteiger partial charge in [-0.05, 0) is 45.7 Å². The minimum Gasteiger partial charge on any atom is -0.492 e. The maximum absolute atomic E-state index is 12.8. The van der Waals surface area contributed by atoms with Crippen LogP contribution in [0.1, 0.15) is 54.3 Å². The van der Waals surface area contributed by atoms with Crippen LogP contribution in [0.25, 0.3) is 0 Å².